The number of fused-ring (bicyclic) bond motifs is 1. The SMILES string of the molecule is O=C(c1ccc(F)c(F)c1)c1cc2c(cc1Br)OCCO2. The first-order chi connectivity index (χ1) is 10.1. The van der Waals surface area contributed by atoms with Gasteiger partial charge in [-0.15, -0.1) is 0 Å². The van der Waals surface area contributed by atoms with E-state index in [4.69, 9.17) is 9.47 Å². The average Bonchev–Trinajstić information content (AvgIpc) is 2.48. The van der Waals surface area contributed by atoms with Gasteiger partial charge in [0.25, 0.3) is 0 Å². The van der Waals surface area contributed by atoms with Crippen LogP contribution in [0.5, 0.6) is 11.5 Å². The Hall–Kier alpha value is -1.95. The number of hydrogen-bond acceptors (Lipinski definition) is 3. The largest absolute Gasteiger partial charge is 0.486 e. The summed E-state index contributed by atoms with van der Waals surface area (Å²) in [6.45, 7) is 0.837. The molecule has 1 aliphatic heterocycles. The fourth-order valence-corrected chi connectivity index (χ4v) is 2.53. The molecule has 0 atom stereocenters. The van der Waals surface area contributed by atoms with Crippen molar-refractivity contribution in [3.63, 3.8) is 0 Å². The quantitative estimate of drug-likeness (QED) is 0.771. The minimum Gasteiger partial charge on any atom is -0.486 e. The van der Waals surface area contributed by atoms with Crippen LogP contribution in [0.3, 0.4) is 0 Å². The second-order valence-corrected chi connectivity index (χ2v) is 5.29. The zero-order valence-electron chi connectivity index (χ0n) is 10.7. The molecule has 0 saturated carbocycles. The van der Waals surface area contributed by atoms with E-state index in [1.54, 1.807) is 6.07 Å². The van der Waals surface area contributed by atoms with Gasteiger partial charge < -0.3 is 9.47 Å². The van der Waals surface area contributed by atoms with Crippen molar-refractivity contribution in [2.75, 3.05) is 13.2 Å². The third kappa shape index (κ3) is 2.63. The first-order valence-electron chi connectivity index (χ1n) is 6.15. The van der Waals surface area contributed by atoms with Crippen molar-refractivity contribution in [2.24, 2.45) is 0 Å². The number of halogens is 3. The lowest BCUT2D eigenvalue weighted by molar-refractivity contribution is 0.103. The predicted molar refractivity (Wildman–Crippen MR) is 74.9 cm³/mol. The monoisotopic (exact) mass is 354 g/mol. The van der Waals surface area contributed by atoms with Crippen molar-refractivity contribution in [3.05, 3.63) is 57.6 Å². The van der Waals surface area contributed by atoms with E-state index in [2.05, 4.69) is 15.9 Å². The lowest BCUT2D eigenvalue weighted by Crippen LogP contribution is -2.16. The zero-order valence-corrected chi connectivity index (χ0v) is 12.2. The van der Waals surface area contributed by atoms with Gasteiger partial charge in [0.2, 0.25) is 0 Å². The summed E-state index contributed by atoms with van der Waals surface area (Å²) in [5.41, 5.74) is 0.358. The van der Waals surface area contributed by atoms with Gasteiger partial charge in [0.05, 0.1) is 0 Å². The molecular weight excluding hydrogens is 346 g/mol. The van der Waals surface area contributed by atoms with E-state index in [0.717, 1.165) is 12.1 Å². The molecule has 0 radical (unpaired) electrons. The summed E-state index contributed by atoms with van der Waals surface area (Å²) in [6.07, 6.45) is 0. The second kappa shape index (κ2) is 5.44. The van der Waals surface area contributed by atoms with Crippen LogP contribution in [0.2, 0.25) is 0 Å². The molecule has 108 valence electrons. The summed E-state index contributed by atoms with van der Waals surface area (Å²) < 4.78 is 37.5. The van der Waals surface area contributed by atoms with Crippen LogP contribution in [0.1, 0.15) is 15.9 Å². The van der Waals surface area contributed by atoms with Gasteiger partial charge in [0.15, 0.2) is 28.9 Å². The standard InChI is InChI=1S/C15H9BrF2O3/c16-10-7-14-13(20-3-4-21-14)6-9(10)15(19)8-1-2-11(17)12(18)5-8/h1-2,5-7H,3-4H2. The van der Waals surface area contributed by atoms with Gasteiger partial charge in [-0.25, -0.2) is 8.78 Å². The molecule has 2 aromatic carbocycles. The molecule has 0 unspecified atom stereocenters. The van der Waals surface area contributed by atoms with E-state index >= 15 is 0 Å². The maximum Gasteiger partial charge on any atom is 0.194 e. The van der Waals surface area contributed by atoms with Gasteiger partial charge in [0.1, 0.15) is 13.2 Å². The molecule has 1 heterocycles. The van der Waals surface area contributed by atoms with Crippen molar-refractivity contribution >= 4 is 21.7 Å². The molecule has 2 aromatic rings. The molecule has 21 heavy (non-hydrogen) atoms. The highest BCUT2D eigenvalue weighted by molar-refractivity contribution is 9.10. The molecule has 0 saturated heterocycles. The van der Waals surface area contributed by atoms with Crippen LogP contribution in [0.4, 0.5) is 8.78 Å². The molecule has 0 spiro atoms. The molecule has 1 aliphatic rings. The van der Waals surface area contributed by atoms with Crippen molar-refractivity contribution in [1.82, 2.24) is 0 Å². The summed E-state index contributed by atoms with van der Waals surface area (Å²) in [5.74, 6) is -1.50. The van der Waals surface area contributed by atoms with Crippen molar-refractivity contribution in [1.29, 1.82) is 0 Å². The number of benzene rings is 2. The third-order valence-electron chi connectivity index (χ3n) is 3.06. The molecule has 0 aromatic heterocycles. The number of ketones is 1. The normalized spacial score (nSPS) is 13.1. The first kappa shape index (κ1) is 14.0. The van der Waals surface area contributed by atoms with E-state index in [0.29, 0.717) is 34.7 Å². The van der Waals surface area contributed by atoms with Gasteiger partial charge in [-0.1, -0.05) is 0 Å². The number of rotatable bonds is 2. The lowest BCUT2D eigenvalue weighted by Gasteiger charge is -2.19. The van der Waals surface area contributed by atoms with E-state index in [1.807, 2.05) is 0 Å². The van der Waals surface area contributed by atoms with Crippen molar-refractivity contribution < 1.29 is 23.0 Å². The molecule has 3 rings (SSSR count). The summed E-state index contributed by atoms with van der Waals surface area (Å²) >= 11 is 3.28. The van der Waals surface area contributed by atoms with E-state index in [1.165, 1.54) is 12.1 Å². The molecule has 0 bridgehead atoms. The Bertz CT molecular complexity index is 731. The summed E-state index contributed by atoms with van der Waals surface area (Å²) in [5, 5.41) is 0. The summed E-state index contributed by atoms with van der Waals surface area (Å²) in [7, 11) is 0. The topological polar surface area (TPSA) is 35.5 Å². The van der Waals surface area contributed by atoms with Crippen LogP contribution in [0.15, 0.2) is 34.8 Å². The van der Waals surface area contributed by atoms with Gasteiger partial charge in [-0.2, -0.15) is 0 Å². The summed E-state index contributed by atoms with van der Waals surface area (Å²) in [4.78, 5) is 12.4. The minimum absolute atomic E-state index is 0.0614. The van der Waals surface area contributed by atoms with Crippen LogP contribution < -0.4 is 9.47 Å². The Morgan fingerprint density at radius 2 is 1.67 bits per heavy atom. The Morgan fingerprint density at radius 3 is 2.33 bits per heavy atom. The molecule has 0 aliphatic carbocycles. The molecule has 0 N–H and O–H groups in total. The van der Waals surface area contributed by atoms with Crippen molar-refractivity contribution in [2.45, 2.75) is 0 Å². The average molecular weight is 355 g/mol. The maximum atomic E-state index is 13.2. The molecule has 0 fully saturated rings. The van der Waals surface area contributed by atoms with Gasteiger partial charge >= 0.3 is 0 Å². The Morgan fingerprint density at radius 1 is 1.00 bits per heavy atom. The predicted octanol–water partition coefficient (Wildman–Crippen LogP) is 3.73. The van der Waals surface area contributed by atoms with Gasteiger partial charge in [-0.3, -0.25) is 4.79 Å². The van der Waals surface area contributed by atoms with Crippen LogP contribution in [0, 0.1) is 11.6 Å². The molecule has 3 nitrogen and oxygen atoms in total. The highest BCUT2D eigenvalue weighted by atomic mass is 79.9. The fraction of sp³-hybridized carbons (Fsp3) is 0.133. The molecule has 0 amide bonds. The summed E-state index contributed by atoms with van der Waals surface area (Å²) in [6, 6.07) is 6.20. The second-order valence-electron chi connectivity index (χ2n) is 4.43. The Labute approximate surface area is 127 Å². The zero-order chi connectivity index (χ0) is 15.0. The number of hydrogen-bond donors (Lipinski definition) is 0. The highest BCUT2D eigenvalue weighted by Gasteiger charge is 2.20. The van der Waals surface area contributed by atoms with Crippen LogP contribution in [-0.4, -0.2) is 19.0 Å². The smallest absolute Gasteiger partial charge is 0.194 e. The van der Waals surface area contributed by atoms with E-state index < -0.39 is 17.4 Å². The third-order valence-corrected chi connectivity index (χ3v) is 3.71. The highest BCUT2D eigenvalue weighted by Crippen LogP contribution is 2.36. The van der Waals surface area contributed by atoms with Crippen LogP contribution in [0.25, 0.3) is 0 Å². The fourth-order valence-electron chi connectivity index (χ4n) is 2.03. The molecular formula is C15H9BrF2O3. The van der Waals surface area contributed by atoms with Crippen LogP contribution >= 0.6 is 15.9 Å². The van der Waals surface area contributed by atoms with Crippen LogP contribution in [-0.2, 0) is 0 Å². The number of carbonyl (C=O) groups is 1. The minimum atomic E-state index is -1.06. The molecule has 6 heteroatoms. The maximum absolute atomic E-state index is 13.2. The van der Waals surface area contributed by atoms with Crippen molar-refractivity contribution in [3.8, 4) is 11.5 Å². The lowest BCUT2D eigenvalue weighted by atomic mass is 10.0. The first-order valence-corrected chi connectivity index (χ1v) is 6.94. The van der Waals surface area contributed by atoms with Gasteiger partial charge in [-0.05, 0) is 46.3 Å². The van der Waals surface area contributed by atoms with Gasteiger partial charge in [0, 0.05) is 15.6 Å². The Balaban J connectivity index is 2.03. The number of ether oxygens (including phenoxy) is 2. The Kier molecular flexibility index (Phi) is 3.63. The number of carbonyl (C=O) groups excluding carboxylic acids is 1. The van der Waals surface area contributed by atoms with E-state index in [-0.39, 0.29) is 5.56 Å². The van der Waals surface area contributed by atoms with E-state index in [9.17, 15) is 13.6 Å².